The molecule has 2 amide bonds. The van der Waals surface area contributed by atoms with Crippen LogP contribution in [0.4, 0.5) is 11.4 Å². The molecule has 1 fully saturated rings. The van der Waals surface area contributed by atoms with E-state index in [-0.39, 0.29) is 42.2 Å². The molecule has 4 aromatic rings. The second kappa shape index (κ2) is 12.4. The summed E-state index contributed by atoms with van der Waals surface area (Å²) in [6.07, 6.45) is 1.35. The summed E-state index contributed by atoms with van der Waals surface area (Å²) in [5.74, 6) is -0.855. The molecular weight excluding hydrogens is 639 g/mol. The molecule has 1 aromatic heterocycles. The fourth-order valence-corrected chi connectivity index (χ4v) is 10.9. The van der Waals surface area contributed by atoms with Crippen molar-refractivity contribution in [2.45, 2.75) is 62.7 Å². The quantitative estimate of drug-likeness (QED) is 0.273. The molecule has 3 aliphatic rings. The largest absolute Gasteiger partial charge is 0.491 e. The first-order valence-corrected chi connectivity index (χ1v) is 19.7. The number of para-hydroxylation sites is 1. The van der Waals surface area contributed by atoms with E-state index in [1.807, 2.05) is 86.7 Å². The number of rotatable bonds is 7. The van der Waals surface area contributed by atoms with E-state index in [0.717, 1.165) is 11.1 Å². The van der Waals surface area contributed by atoms with Crippen molar-refractivity contribution in [2.75, 3.05) is 18.6 Å². The Balaban J connectivity index is 1.33. The van der Waals surface area contributed by atoms with Gasteiger partial charge in [-0.2, -0.15) is 0 Å². The molecule has 0 saturated carbocycles. The highest BCUT2D eigenvalue weighted by molar-refractivity contribution is 6.71. The zero-order chi connectivity index (χ0) is 34.7. The summed E-state index contributed by atoms with van der Waals surface area (Å²) in [4.78, 5) is 57.6. The van der Waals surface area contributed by atoms with Crippen molar-refractivity contribution < 1.29 is 29.0 Å². The van der Waals surface area contributed by atoms with Gasteiger partial charge in [-0.25, -0.2) is 0 Å². The van der Waals surface area contributed by atoms with Crippen LogP contribution in [0.25, 0.3) is 5.69 Å². The molecule has 7 rings (SSSR count). The summed E-state index contributed by atoms with van der Waals surface area (Å²) in [7, 11) is -1.64. The molecular formula is C38H41N3O7Si. The minimum absolute atomic E-state index is 0.0601. The Morgan fingerprint density at radius 2 is 1.69 bits per heavy atom. The Morgan fingerprint density at radius 3 is 2.39 bits per heavy atom. The third-order valence-electron chi connectivity index (χ3n) is 10.6. The highest BCUT2D eigenvalue weighted by atomic mass is 28.4. The van der Waals surface area contributed by atoms with E-state index in [9.17, 15) is 24.3 Å². The summed E-state index contributed by atoms with van der Waals surface area (Å²) >= 11 is 0. The number of carbonyl (C=O) groups excluding carboxylic acids is 2. The average molecular weight is 680 g/mol. The SMILES string of the molecule is COc1cccn(-c2ccc3c(c2)[C@]2(O[C@@H](CC(=O)N4Cc5ccccc5C[C@H]4CO)[C@H]([Si](C)(C)O)[C@H]2C)C(=O)N3c2ccccc2)c1=O. The summed E-state index contributed by atoms with van der Waals surface area (Å²) < 4.78 is 13.7. The Labute approximate surface area is 286 Å². The van der Waals surface area contributed by atoms with Crippen LogP contribution in [0.1, 0.15) is 30.0 Å². The number of benzene rings is 3. The first kappa shape index (κ1) is 33.0. The third-order valence-corrected chi connectivity index (χ3v) is 13.1. The number of methoxy groups -OCH3 is 1. The number of aromatic nitrogens is 1. The summed E-state index contributed by atoms with van der Waals surface area (Å²) in [5.41, 5.74) is 2.11. The highest BCUT2D eigenvalue weighted by Crippen LogP contribution is 2.61. The Hall–Kier alpha value is -4.55. The number of carbonyl (C=O) groups is 2. The van der Waals surface area contributed by atoms with Crippen molar-refractivity contribution >= 4 is 31.5 Å². The van der Waals surface area contributed by atoms with Crippen LogP contribution in [-0.2, 0) is 32.9 Å². The summed E-state index contributed by atoms with van der Waals surface area (Å²) in [5, 5.41) is 10.3. The van der Waals surface area contributed by atoms with Crippen molar-refractivity contribution in [3.05, 3.63) is 118 Å². The van der Waals surface area contributed by atoms with Gasteiger partial charge in [-0.1, -0.05) is 49.4 Å². The number of nitrogens with zero attached hydrogens (tertiary/aromatic N) is 3. The number of hydrogen-bond acceptors (Lipinski definition) is 7. The van der Waals surface area contributed by atoms with Crippen LogP contribution in [-0.4, -0.2) is 65.4 Å². The fraction of sp³-hybridized carbons (Fsp3) is 0.342. The Kier molecular flexibility index (Phi) is 8.34. The average Bonchev–Trinajstić information content (AvgIpc) is 3.53. The maximum absolute atomic E-state index is 15.0. The lowest BCUT2D eigenvalue weighted by Crippen LogP contribution is -2.48. The molecule has 49 heavy (non-hydrogen) atoms. The van der Waals surface area contributed by atoms with Crippen molar-refractivity contribution in [1.29, 1.82) is 0 Å². The summed E-state index contributed by atoms with van der Waals surface area (Å²) in [6.45, 7) is 5.75. The van der Waals surface area contributed by atoms with Gasteiger partial charge in [-0.3, -0.25) is 23.9 Å². The number of ether oxygens (including phenoxy) is 2. The van der Waals surface area contributed by atoms with Crippen LogP contribution in [0.15, 0.2) is 95.9 Å². The van der Waals surface area contributed by atoms with Crippen molar-refractivity contribution in [3.8, 4) is 11.4 Å². The molecule has 2 N–H and O–H groups in total. The van der Waals surface area contributed by atoms with E-state index in [4.69, 9.17) is 9.47 Å². The normalized spacial score (nSPS) is 24.7. The lowest BCUT2D eigenvalue weighted by atomic mass is 9.82. The van der Waals surface area contributed by atoms with Crippen LogP contribution in [0, 0.1) is 5.92 Å². The number of anilines is 2. The zero-order valence-corrected chi connectivity index (χ0v) is 29.1. The lowest BCUT2D eigenvalue weighted by molar-refractivity contribution is -0.150. The predicted molar refractivity (Wildman–Crippen MR) is 188 cm³/mol. The van der Waals surface area contributed by atoms with Gasteiger partial charge in [0, 0.05) is 41.1 Å². The molecule has 0 aliphatic carbocycles. The number of pyridine rings is 1. The lowest BCUT2D eigenvalue weighted by Gasteiger charge is -2.37. The van der Waals surface area contributed by atoms with Gasteiger partial charge in [0.1, 0.15) is 0 Å². The summed E-state index contributed by atoms with van der Waals surface area (Å²) in [6, 6.07) is 25.6. The van der Waals surface area contributed by atoms with Gasteiger partial charge in [0.15, 0.2) is 19.7 Å². The predicted octanol–water partition coefficient (Wildman–Crippen LogP) is 4.66. The van der Waals surface area contributed by atoms with Crippen molar-refractivity contribution in [2.24, 2.45) is 5.92 Å². The van der Waals surface area contributed by atoms with Gasteiger partial charge < -0.3 is 24.3 Å². The van der Waals surface area contributed by atoms with Gasteiger partial charge in [0.05, 0.1) is 38.0 Å². The maximum Gasteiger partial charge on any atom is 0.297 e. The van der Waals surface area contributed by atoms with Gasteiger partial charge in [-0.15, -0.1) is 0 Å². The molecule has 1 saturated heterocycles. The fourth-order valence-electron chi connectivity index (χ4n) is 8.34. The minimum Gasteiger partial charge on any atom is -0.491 e. The highest BCUT2D eigenvalue weighted by Gasteiger charge is 2.67. The van der Waals surface area contributed by atoms with E-state index in [2.05, 4.69) is 0 Å². The van der Waals surface area contributed by atoms with E-state index >= 15 is 0 Å². The molecule has 10 nitrogen and oxygen atoms in total. The molecule has 11 heteroatoms. The first-order chi connectivity index (χ1) is 23.5. The van der Waals surface area contributed by atoms with Crippen LogP contribution < -0.4 is 15.2 Å². The van der Waals surface area contributed by atoms with Crippen molar-refractivity contribution in [3.63, 3.8) is 0 Å². The molecule has 0 radical (unpaired) electrons. The first-order valence-electron chi connectivity index (χ1n) is 16.7. The second-order valence-electron chi connectivity index (χ2n) is 13.8. The molecule has 1 spiro atoms. The van der Waals surface area contributed by atoms with Gasteiger partial charge >= 0.3 is 0 Å². The zero-order valence-electron chi connectivity index (χ0n) is 28.1. The van der Waals surface area contributed by atoms with E-state index in [1.165, 1.54) is 11.7 Å². The third kappa shape index (κ3) is 5.32. The van der Waals surface area contributed by atoms with E-state index in [1.54, 1.807) is 34.2 Å². The molecule has 3 aromatic carbocycles. The second-order valence-corrected chi connectivity index (χ2v) is 17.8. The van der Waals surface area contributed by atoms with Crippen molar-refractivity contribution in [1.82, 2.24) is 9.47 Å². The molecule has 5 atom stereocenters. The Bertz CT molecular complexity index is 1980. The number of amides is 2. The minimum atomic E-state index is -3.08. The van der Waals surface area contributed by atoms with E-state index < -0.39 is 31.5 Å². The van der Waals surface area contributed by atoms with Gasteiger partial charge in [-0.05, 0) is 73.1 Å². The number of aliphatic hydroxyl groups is 1. The molecule has 254 valence electrons. The van der Waals surface area contributed by atoms with Gasteiger partial charge in [0.2, 0.25) is 5.91 Å². The number of fused-ring (bicyclic) bond motifs is 3. The maximum atomic E-state index is 15.0. The topological polar surface area (TPSA) is 122 Å². The van der Waals surface area contributed by atoms with Crippen LogP contribution in [0.2, 0.25) is 18.6 Å². The van der Waals surface area contributed by atoms with Crippen LogP contribution in [0.5, 0.6) is 5.75 Å². The van der Waals surface area contributed by atoms with E-state index in [0.29, 0.717) is 35.6 Å². The molecule has 0 unspecified atom stereocenters. The molecule has 0 bridgehead atoms. The standard InChI is InChI=1S/C38H41N3O7Si/c1-24-35(49(3,4)46)33(21-34(43)40-22-26-12-9-8-11-25(26)19-29(40)23-42)48-38(24)30-20-28(39-18-10-15-32(47-2)36(39)44)16-17-31(30)41(37(38)45)27-13-6-5-7-14-27/h5-18,20,24,29,33,35,42,46H,19,21-23H2,1-4H3/t24-,29+,33+,35-,38+/m1/s1. The molecule has 3 aliphatic heterocycles. The van der Waals surface area contributed by atoms with Gasteiger partial charge in [0.25, 0.3) is 11.5 Å². The van der Waals surface area contributed by atoms with Crippen LogP contribution >= 0.6 is 0 Å². The number of hydrogen-bond donors (Lipinski definition) is 2. The van der Waals surface area contributed by atoms with Crippen LogP contribution in [0.3, 0.4) is 0 Å². The molecule has 4 heterocycles. The monoisotopic (exact) mass is 679 g/mol. The Morgan fingerprint density at radius 1 is 0.980 bits per heavy atom. The number of aliphatic hydroxyl groups excluding tert-OH is 1. The smallest absolute Gasteiger partial charge is 0.297 e.